The number of anilines is 1. The van der Waals surface area contributed by atoms with E-state index in [1.165, 1.54) is 45.3 Å². The van der Waals surface area contributed by atoms with Gasteiger partial charge in [0, 0.05) is 13.1 Å². The van der Waals surface area contributed by atoms with Crippen LogP contribution < -0.4 is 10.1 Å². The number of aryl methyl sites for hydroxylation is 1. The van der Waals surface area contributed by atoms with Crippen LogP contribution in [0.4, 0.5) is 17.1 Å². The largest absolute Gasteiger partial charge is 0.494 e. The predicted molar refractivity (Wildman–Crippen MR) is 117 cm³/mol. The van der Waals surface area contributed by atoms with Crippen LogP contribution in [0.2, 0.25) is 0 Å². The third-order valence-electron chi connectivity index (χ3n) is 4.18. The molecule has 0 aliphatic rings. The summed E-state index contributed by atoms with van der Waals surface area (Å²) >= 11 is 0. The minimum atomic E-state index is -4.78. The Morgan fingerprint density at radius 1 is 0.970 bits per heavy atom. The maximum Gasteiger partial charge on any atom is 0.397 e. The number of nitrogens with one attached hydrogen (secondary N) is 1. The van der Waals surface area contributed by atoms with Crippen LogP contribution in [-0.2, 0) is 34.5 Å². The summed E-state index contributed by atoms with van der Waals surface area (Å²) in [6.07, 6.45) is 0. The molecule has 0 unspecified atom stereocenters. The summed E-state index contributed by atoms with van der Waals surface area (Å²) < 4.78 is 96.6. The molecule has 33 heavy (non-hydrogen) atoms. The molecule has 16 heteroatoms. The van der Waals surface area contributed by atoms with Gasteiger partial charge < -0.3 is 10.1 Å². The molecule has 2 rings (SSSR count). The van der Waals surface area contributed by atoms with Gasteiger partial charge in [-0.2, -0.15) is 21.9 Å². The van der Waals surface area contributed by atoms with Crippen molar-refractivity contribution in [2.45, 2.75) is 16.7 Å². The highest BCUT2D eigenvalue weighted by atomic mass is 32.3. The van der Waals surface area contributed by atoms with E-state index in [9.17, 15) is 29.8 Å². The zero-order valence-electron chi connectivity index (χ0n) is 17.6. The number of hydrogen-bond acceptors (Lipinski definition) is 11. The predicted octanol–water partition coefficient (Wildman–Crippen LogP) is 2.30. The van der Waals surface area contributed by atoms with Gasteiger partial charge in [0.1, 0.15) is 16.3 Å². The smallest absolute Gasteiger partial charge is 0.397 e. The van der Waals surface area contributed by atoms with Crippen molar-refractivity contribution in [3.8, 4) is 5.75 Å². The Kier molecular flexibility index (Phi) is 8.15. The van der Waals surface area contributed by atoms with Gasteiger partial charge >= 0.3 is 10.4 Å². The Hall–Kier alpha value is -2.63. The molecule has 3 N–H and O–H groups in total. The summed E-state index contributed by atoms with van der Waals surface area (Å²) in [6.45, 7) is 0.677. The van der Waals surface area contributed by atoms with E-state index < -0.39 is 47.6 Å². The van der Waals surface area contributed by atoms with Crippen LogP contribution in [0.1, 0.15) is 5.56 Å². The minimum Gasteiger partial charge on any atom is -0.494 e. The molecule has 2 aromatic carbocycles. The molecule has 0 fully saturated rings. The van der Waals surface area contributed by atoms with Crippen molar-refractivity contribution < 1.29 is 43.3 Å². The number of rotatable bonds is 10. The highest BCUT2D eigenvalue weighted by Crippen LogP contribution is 2.35. The summed E-state index contributed by atoms with van der Waals surface area (Å²) in [7, 11) is -10.6. The summed E-state index contributed by atoms with van der Waals surface area (Å²) in [4.78, 5) is -0.581. The van der Waals surface area contributed by atoms with Crippen molar-refractivity contribution in [3.63, 3.8) is 0 Å². The Morgan fingerprint density at radius 2 is 1.64 bits per heavy atom. The number of nitrogens with zero attached hydrogens (tertiary/aromatic N) is 2. The molecule has 2 aromatic rings. The Morgan fingerprint density at radius 3 is 2.18 bits per heavy atom. The molecule has 0 saturated heterocycles. The molecule has 0 bridgehead atoms. The van der Waals surface area contributed by atoms with Gasteiger partial charge in [-0.3, -0.25) is 9.11 Å². The van der Waals surface area contributed by atoms with Crippen LogP contribution in [0.25, 0.3) is 0 Å². The first-order valence-electron chi connectivity index (χ1n) is 8.92. The van der Waals surface area contributed by atoms with Crippen molar-refractivity contribution in [3.05, 3.63) is 35.9 Å². The van der Waals surface area contributed by atoms with Crippen molar-refractivity contribution >= 4 is 47.4 Å². The number of benzene rings is 2. The van der Waals surface area contributed by atoms with Crippen LogP contribution in [0.3, 0.4) is 0 Å². The lowest BCUT2D eigenvalue weighted by molar-refractivity contribution is 0.284. The third kappa shape index (κ3) is 7.18. The van der Waals surface area contributed by atoms with E-state index in [1.807, 2.05) is 0 Å². The molecule has 0 amide bonds. The number of azo groups is 1. The highest BCUT2D eigenvalue weighted by Gasteiger charge is 2.21. The van der Waals surface area contributed by atoms with Gasteiger partial charge in [0.15, 0.2) is 9.84 Å². The lowest BCUT2D eigenvalue weighted by atomic mass is 10.2. The second kappa shape index (κ2) is 10.1. The van der Waals surface area contributed by atoms with E-state index in [4.69, 9.17) is 9.29 Å². The molecule has 0 atom stereocenters. The van der Waals surface area contributed by atoms with E-state index in [1.54, 1.807) is 0 Å². The van der Waals surface area contributed by atoms with Crippen molar-refractivity contribution in [2.75, 3.05) is 31.8 Å². The Labute approximate surface area is 191 Å². The van der Waals surface area contributed by atoms with Crippen LogP contribution >= 0.6 is 0 Å². The minimum absolute atomic E-state index is 0.0143. The maximum absolute atomic E-state index is 12.5. The summed E-state index contributed by atoms with van der Waals surface area (Å²) in [5, 5.41) is 10.5. The first-order valence-corrected chi connectivity index (χ1v) is 13.4. The second-order valence-corrected chi connectivity index (χ2v) is 11.0. The van der Waals surface area contributed by atoms with Gasteiger partial charge in [-0.05, 0) is 36.8 Å². The molecule has 0 aliphatic heterocycles. The summed E-state index contributed by atoms with van der Waals surface area (Å²) in [5.41, 5.74) is 0.591. The van der Waals surface area contributed by atoms with Gasteiger partial charge in [-0.25, -0.2) is 12.6 Å². The van der Waals surface area contributed by atoms with Gasteiger partial charge in [0.05, 0.1) is 35.7 Å². The van der Waals surface area contributed by atoms with E-state index in [-0.39, 0.29) is 33.3 Å². The Bertz CT molecular complexity index is 1390. The number of methoxy groups -OCH3 is 1. The normalized spacial score (nSPS) is 12.8. The van der Waals surface area contributed by atoms with Gasteiger partial charge in [-0.15, -0.1) is 5.11 Å². The monoisotopic (exact) mass is 523 g/mol. The fourth-order valence-electron chi connectivity index (χ4n) is 2.69. The van der Waals surface area contributed by atoms with Gasteiger partial charge in [0.2, 0.25) is 0 Å². The average Bonchev–Trinajstić information content (AvgIpc) is 2.70. The number of sulfone groups is 1. The van der Waals surface area contributed by atoms with Crippen LogP contribution in [0, 0.1) is 6.92 Å². The van der Waals surface area contributed by atoms with Crippen molar-refractivity contribution in [2.24, 2.45) is 10.2 Å². The standard InChI is InChI=1S/C17H21N3O10S3/c1-11-8-14(20-19-12-4-5-13(18-2)17(9-12)32(23,24)25)15(29-3)10-16(11)31(21,22)7-6-30-33(26,27)28/h4-5,8-10,18H,6-7H2,1-3H3,(H,23,24,25)(H,26,27,28)/b20-19+. The molecule has 0 radical (unpaired) electrons. The summed E-state index contributed by atoms with van der Waals surface area (Å²) in [5.74, 6) is -0.714. The Balaban J connectivity index is 2.40. The molecule has 0 aromatic heterocycles. The highest BCUT2D eigenvalue weighted by molar-refractivity contribution is 7.91. The van der Waals surface area contributed by atoms with Crippen LogP contribution in [0.15, 0.2) is 50.4 Å². The fraction of sp³-hybridized carbons (Fsp3) is 0.294. The first kappa shape index (κ1) is 26.6. The molecule has 182 valence electrons. The van der Waals surface area contributed by atoms with Gasteiger partial charge in [-0.1, -0.05) is 0 Å². The molecule has 0 heterocycles. The van der Waals surface area contributed by atoms with E-state index in [0.29, 0.717) is 0 Å². The molecule has 0 spiro atoms. The van der Waals surface area contributed by atoms with E-state index in [2.05, 4.69) is 19.7 Å². The van der Waals surface area contributed by atoms with E-state index in [0.717, 1.165) is 6.07 Å². The average molecular weight is 524 g/mol. The first-order chi connectivity index (χ1) is 15.2. The zero-order valence-corrected chi connectivity index (χ0v) is 20.0. The van der Waals surface area contributed by atoms with Crippen LogP contribution in [0.5, 0.6) is 5.75 Å². The van der Waals surface area contributed by atoms with Crippen LogP contribution in [-0.4, -0.2) is 60.9 Å². The number of ether oxygens (including phenoxy) is 1. The molecule has 0 aliphatic carbocycles. The molecule has 0 saturated carbocycles. The molecular weight excluding hydrogens is 502 g/mol. The summed E-state index contributed by atoms with van der Waals surface area (Å²) in [6, 6.07) is 6.43. The maximum atomic E-state index is 12.5. The SMILES string of the molecule is CNc1ccc(/N=N/c2cc(C)c(S(=O)(=O)CCOS(=O)(=O)O)cc2OC)cc1S(=O)(=O)O. The third-order valence-corrected chi connectivity index (χ3v) is 7.35. The molecular formula is C17H21N3O10S3. The van der Waals surface area contributed by atoms with E-state index >= 15 is 0 Å². The molecule has 13 nitrogen and oxygen atoms in total. The fourth-order valence-corrected chi connectivity index (χ4v) is 5.17. The lowest BCUT2D eigenvalue weighted by Gasteiger charge is -2.11. The zero-order chi connectivity index (χ0) is 25.0. The quantitative estimate of drug-likeness (QED) is 0.305. The number of hydrogen-bond donors (Lipinski definition) is 3. The topological polar surface area (TPSA) is 198 Å². The lowest BCUT2D eigenvalue weighted by Crippen LogP contribution is -2.16. The van der Waals surface area contributed by atoms with Crippen molar-refractivity contribution in [1.82, 2.24) is 0 Å². The second-order valence-electron chi connectivity index (χ2n) is 6.46. The van der Waals surface area contributed by atoms with Crippen molar-refractivity contribution in [1.29, 1.82) is 0 Å². The van der Waals surface area contributed by atoms with Gasteiger partial charge in [0.25, 0.3) is 10.1 Å².